The minimum Gasteiger partial charge on any atom is -0.239 e. The number of aromatic nitrogens is 1. The molecule has 0 amide bonds. The van der Waals surface area contributed by atoms with Crippen LogP contribution in [0.4, 0.5) is 8.78 Å². The van der Waals surface area contributed by atoms with Crippen molar-refractivity contribution in [3.63, 3.8) is 0 Å². The van der Waals surface area contributed by atoms with Gasteiger partial charge in [0, 0.05) is 10.0 Å². The summed E-state index contributed by atoms with van der Waals surface area (Å²) < 4.78 is 25.0. The summed E-state index contributed by atoms with van der Waals surface area (Å²) in [5, 5.41) is 8.39. The lowest BCUT2D eigenvalue weighted by Crippen LogP contribution is -1.96. The number of alkyl halides is 2. The van der Waals surface area contributed by atoms with Gasteiger partial charge in [0.2, 0.25) is 0 Å². The summed E-state index contributed by atoms with van der Waals surface area (Å²) in [6.07, 6.45) is -2.69. The summed E-state index contributed by atoms with van der Waals surface area (Å²) >= 11 is 8.49. The third kappa shape index (κ3) is 2.40. The summed E-state index contributed by atoms with van der Waals surface area (Å²) in [6.45, 7) is 0. The maximum atomic E-state index is 12.4. The van der Waals surface area contributed by atoms with Crippen LogP contribution in [0.3, 0.4) is 0 Å². The molecule has 6 heteroatoms. The van der Waals surface area contributed by atoms with Gasteiger partial charge in [-0.15, -0.1) is 0 Å². The van der Waals surface area contributed by atoms with Gasteiger partial charge in [-0.1, -0.05) is 11.6 Å². The molecule has 1 aromatic heterocycles. The first-order valence-corrected chi connectivity index (χ1v) is 4.73. The zero-order chi connectivity index (χ0) is 10.7. The van der Waals surface area contributed by atoms with Gasteiger partial charge in [0.1, 0.15) is 5.15 Å². The quantitative estimate of drug-likeness (QED) is 0.778. The van der Waals surface area contributed by atoms with Crippen molar-refractivity contribution in [2.24, 2.45) is 0 Å². The second-order valence-electron chi connectivity index (χ2n) is 2.43. The van der Waals surface area contributed by atoms with E-state index in [4.69, 9.17) is 16.9 Å². The van der Waals surface area contributed by atoms with E-state index in [1.807, 2.05) is 6.07 Å². The largest absolute Gasteiger partial charge is 0.265 e. The topological polar surface area (TPSA) is 36.7 Å². The fraction of sp³-hybridized carbons (Fsp3) is 0.250. The van der Waals surface area contributed by atoms with Crippen LogP contribution in [0.1, 0.15) is 17.7 Å². The summed E-state index contributed by atoms with van der Waals surface area (Å²) in [4.78, 5) is 3.77. The minimum absolute atomic E-state index is 0.0336. The van der Waals surface area contributed by atoms with Crippen LogP contribution in [0.25, 0.3) is 0 Å². The van der Waals surface area contributed by atoms with E-state index in [1.165, 1.54) is 0 Å². The number of rotatable bonds is 2. The molecule has 0 bridgehead atoms. The molecule has 0 aliphatic rings. The van der Waals surface area contributed by atoms with Crippen molar-refractivity contribution in [1.82, 2.24) is 4.98 Å². The van der Waals surface area contributed by atoms with Crippen LogP contribution in [0.2, 0.25) is 5.15 Å². The van der Waals surface area contributed by atoms with E-state index in [9.17, 15) is 8.78 Å². The van der Waals surface area contributed by atoms with Crippen molar-refractivity contribution in [3.05, 3.63) is 26.9 Å². The van der Waals surface area contributed by atoms with Crippen molar-refractivity contribution in [1.29, 1.82) is 5.26 Å². The molecule has 0 saturated carbocycles. The highest BCUT2D eigenvalue weighted by Crippen LogP contribution is 2.31. The van der Waals surface area contributed by atoms with Crippen LogP contribution in [0.15, 0.2) is 10.5 Å². The molecule has 0 radical (unpaired) electrons. The molecule has 74 valence electrons. The fourth-order valence-corrected chi connectivity index (χ4v) is 1.66. The highest BCUT2D eigenvalue weighted by Gasteiger charge is 2.16. The van der Waals surface area contributed by atoms with Crippen molar-refractivity contribution >= 4 is 27.5 Å². The van der Waals surface area contributed by atoms with E-state index in [0.29, 0.717) is 0 Å². The Hall–Kier alpha value is -0.730. The predicted molar refractivity (Wildman–Crippen MR) is 51.2 cm³/mol. The molecule has 1 aromatic rings. The van der Waals surface area contributed by atoms with E-state index in [1.54, 1.807) is 0 Å². The van der Waals surface area contributed by atoms with Gasteiger partial charge in [0.25, 0.3) is 6.43 Å². The first-order chi connectivity index (χ1) is 6.56. The number of halogens is 4. The highest BCUT2D eigenvalue weighted by atomic mass is 79.9. The molecule has 0 atom stereocenters. The van der Waals surface area contributed by atoms with E-state index in [0.717, 1.165) is 6.07 Å². The summed E-state index contributed by atoms with van der Waals surface area (Å²) in [7, 11) is 0. The molecule has 0 fully saturated rings. The average molecular weight is 281 g/mol. The minimum atomic E-state index is -2.64. The Kier molecular flexibility index (Phi) is 3.78. The Morgan fingerprint density at radius 2 is 2.29 bits per heavy atom. The maximum absolute atomic E-state index is 12.4. The number of pyridine rings is 1. The standard InChI is InChI=1S/C8H4BrClF2N2/c9-7-4(8(11)12)3-6(10)14-5(7)1-2-13/h3,8H,1H2. The molecule has 14 heavy (non-hydrogen) atoms. The third-order valence-electron chi connectivity index (χ3n) is 1.50. The lowest BCUT2D eigenvalue weighted by molar-refractivity contribution is 0.150. The van der Waals surface area contributed by atoms with E-state index >= 15 is 0 Å². The van der Waals surface area contributed by atoms with Gasteiger partial charge < -0.3 is 0 Å². The second-order valence-corrected chi connectivity index (χ2v) is 3.61. The first kappa shape index (κ1) is 11.3. The smallest absolute Gasteiger partial charge is 0.239 e. The van der Waals surface area contributed by atoms with Crippen LogP contribution in [0, 0.1) is 11.3 Å². The SMILES string of the molecule is N#CCc1nc(Cl)cc(C(F)F)c1Br. The van der Waals surface area contributed by atoms with Crippen molar-refractivity contribution in [2.75, 3.05) is 0 Å². The number of hydrogen-bond acceptors (Lipinski definition) is 2. The maximum Gasteiger partial charge on any atom is 0.265 e. The Morgan fingerprint density at radius 1 is 1.64 bits per heavy atom. The van der Waals surface area contributed by atoms with Crippen molar-refractivity contribution < 1.29 is 8.78 Å². The predicted octanol–water partition coefficient (Wildman–Crippen LogP) is 3.50. The van der Waals surface area contributed by atoms with Gasteiger partial charge in [-0.3, -0.25) is 0 Å². The van der Waals surface area contributed by atoms with Crippen LogP contribution in [0.5, 0.6) is 0 Å². The van der Waals surface area contributed by atoms with E-state index in [-0.39, 0.29) is 27.3 Å². The Balaban J connectivity index is 3.26. The number of nitriles is 1. The molecule has 0 N–H and O–H groups in total. The number of hydrogen-bond donors (Lipinski definition) is 0. The van der Waals surface area contributed by atoms with Gasteiger partial charge in [-0.25, -0.2) is 13.8 Å². The van der Waals surface area contributed by atoms with E-state index in [2.05, 4.69) is 20.9 Å². The average Bonchev–Trinajstić information content (AvgIpc) is 2.10. The molecule has 2 nitrogen and oxygen atoms in total. The first-order valence-electron chi connectivity index (χ1n) is 3.56. The normalized spacial score (nSPS) is 10.3. The third-order valence-corrected chi connectivity index (χ3v) is 2.61. The van der Waals surface area contributed by atoms with Crippen LogP contribution in [-0.2, 0) is 6.42 Å². The summed E-state index contributed by atoms with van der Waals surface area (Å²) in [5.74, 6) is 0. The zero-order valence-electron chi connectivity index (χ0n) is 6.77. The molecule has 1 heterocycles. The van der Waals surface area contributed by atoms with Gasteiger partial charge in [-0.05, 0) is 22.0 Å². The molecule has 0 aromatic carbocycles. The molecular weight excluding hydrogens is 277 g/mol. The summed E-state index contributed by atoms with van der Waals surface area (Å²) in [6, 6.07) is 2.90. The highest BCUT2D eigenvalue weighted by molar-refractivity contribution is 9.10. The van der Waals surface area contributed by atoms with Crippen molar-refractivity contribution in [2.45, 2.75) is 12.8 Å². The van der Waals surface area contributed by atoms with Gasteiger partial charge in [-0.2, -0.15) is 5.26 Å². The lowest BCUT2D eigenvalue weighted by atomic mass is 10.2. The van der Waals surface area contributed by atoms with Gasteiger partial charge in [0.15, 0.2) is 0 Å². The van der Waals surface area contributed by atoms with Gasteiger partial charge >= 0.3 is 0 Å². The Bertz CT molecular complexity index is 390. The molecule has 1 rings (SSSR count). The Labute approximate surface area is 92.6 Å². The molecule has 0 aliphatic heterocycles. The lowest BCUT2D eigenvalue weighted by Gasteiger charge is -2.06. The molecular formula is C8H4BrClF2N2. The fourth-order valence-electron chi connectivity index (χ4n) is 0.919. The monoisotopic (exact) mass is 280 g/mol. The Morgan fingerprint density at radius 3 is 2.79 bits per heavy atom. The van der Waals surface area contributed by atoms with Gasteiger partial charge in [0.05, 0.1) is 18.2 Å². The summed E-state index contributed by atoms with van der Waals surface area (Å²) in [5.41, 5.74) is -0.00875. The number of nitrogens with zero attached hydrogens (tertiary/aromatic N) is 2. The molecule has 0 aliphatic carbocycles. The molecule has 0 spiro atoms. The van der Waals surface area contributed by atoms with Crippen LogP contribution in [-0.4, -0.2) is 4.98 Å². The molecule has 0 unspecified atom stereocenters. The van der Waals surface area contributed by atoms with Crippen LogP contribution < -0.4 is 0 Å². The second kappa shape index (κ2) is 4.67. The van der Waals surface area contributed by atoms with Crippen molar-refractivity contribution in [3.8, 4) is 6.07 Å². The zero-order valence-corrected chi connectivity index (χ0v) is 9.11. The molecule has 0 saturated heterocycles. The van der Waals surface area contributed by atoms with E-state index < -0.39 is 6.43 Å². The van der Waals surface area contributed by atoms with Crippen LogP contribution >= 0.6 is 27.5 Å².